The van der Waals surface area contributed by atoms with Crippen LogP contribution in [0.15, 0.2) is 24.3 Å². The normalized spacial score (nSPS) is 11.2. The molecule has 0 aliphatic heterocycles. The number of nitrogens with zero attached hydrogens (tertiary/aromatic N) is 1. The topological polar surface area (TPSA) is 57.6 Å². The second kappa shape index (κ2) is 5.87. The van der Waals surface area contributed by atoms with E-state index in [1.54, 1.807) is 0 Å². The van der Waals surface area contributed by atoms with Gasteiger partial charge < -0.3 is 10.0 Å². The maximum atomic E-state index is 12.2. The van der Waals surface area contributed by atoms with Gasteiger partial charge in [0.25, 0.3) is 0 Å². The second-order valence-electron chi connectivity index (χ2n) is 5.12. The van der Waals surface area contributed by atoms with Gasteiger partial charge in [0.05, 0.1) is 6.42 Å². The molecule has 1 aromatic rings. The lowest BCUT2D eigenvalue weighted by Gasteiger charge is -2.31. The van der Waals surface area contributed by atoms with Gasteiger partial charge in [-0.15, -0.1) is 0 Å². The minimum absolute atomic E-state index is 0.187. The van der Waals surface area contributed by atoms with E-state index in [0.717, 1.165) is 17.5 Å². The lowest BCUT2D eigenvalue weighted by Crippen LogP contribution is -2.51. The maximum Gasteiger partial charge on any atom is 0.329 e. The maximum absolute atomic E-state index is 12.2. The molecule has 19 heavy (non-hydrogen) atoms. The third-order valence-corrected chi connectivity index (χ3v) is 3.58. The summed E-state index contributed by atoms with van der Waals surface area (Å²) in [7, 11) is 1.53. The largest absolute Gasteiger partial charge is 0.480 e. The molecule has 1 N–H and O–H groups in total. The lowest BCUT2D eigenvalue weighted by molar-refractivity contribution is -0.155. The molecule has 104 valence electrons. The van der Waals surface area contributed by atoms with E-state index in [9.17, 15) is 9.59 Å². The van der Waals surface area contributed by atoms with Gasteiger partial charge >= 0.3 is 5.97 Å². The fourth-order valence-electron chi connectivity index (χ4n) is 1.81. The van der Waals surface area contributed by atoms with E-state index in [2.05, 4.69) is 0 Å². The smallest absolute Gasteiger partial charge is 0.329 e. The van der Waals surface area contributed by atoms with Crippen molar-refractivity contribution in [1.29, 1.82) is 0 Å². The number of carboxylic acid groups (broad SMARTS) is 1. The summed E-state index contributed by atoms with van der Waals surface area (Å²) < 4.78 is 0. The third kappa shape index (κ3) is 3.34. The molecular formula is C15H21NO3. The summed E-state index contributed by atoms with van der Waals surface area (Å²) >= 11 is 0. The average Bonchev–Trinajstić information content (AvgIpc) is 2.38. The molecule has 0 unspecified atom stereocenters. The number of amides is 1. The van der Waals surface area contributed by atoms with Crippen molar-refractivity contribution in [3.05, 3.63) is 35.4 Å². The van der Waals surface area contributed by atoms with Crippen LogP contribution in [0.2, 0.25) is 0 Å². The lowest BCUT2D eigenvalue weighted by atomic mass is 9.99. The Hall–Kier alpha value is -1.84. The van der Waals surface area contributed by atoms with Gasteiger partial charge in [0.2, 0.25) is 5.91 Å². The SMILES string of the molecule is CCc1ccccc1CC(=O)N(C)C(C)(C)C(=O)O. The Labute approximate surface area is 114 Å². The van der Waals surface area contributed by atoms with Gasteiger partial charge in [0, 0.05) is 7.05 Å². The van der Waals surface area contributed by atoms with Gasteiger partial charge in [-0.3, -0.25) is 4.79 Å². The van der Waals surface area contributed by atoms with Crippen LogP contribution in [0, 0.1) is 0 Å². The summed E-state index contributed by atoms with van der Waals surface area (Å²) in [5.41, 5.74) is 0.888. The Morgan fingerprint density at radius 3 is 2.21 bits per heavy atom. The second-order valence-corrected chi connectivity index (χ2v) is 5.12. The summed E-state index contributed by atoms with van der Waals surface area (Å²) in [6.07, 6.45) is 1.09. The number of rotatable bonds is 5. The summed E-state index contributed by atoms with van der Waals surface area (Å²) in [5.74, 6) is -1.19. The van der Waals surface area contributed by atoms with E-state index < -0.39 is 11.5 Å². The number of carbonyl (C=O) groups is 2. The number of aliphatic carboxylic acids is 1. The highest BCUT2D eigenvalue weighted by molar-refractivity contribution is 5.87. The molecule has 0 radical (unpaired) electrons. The summed E-state index contributed by atoms with van der Waals surface area (Å²) in [6.45, 7) is 5.09. The van der Waals surface area contributed by atoms with Crippen molar-refractivity contribution >= 4 is 11.9 Å². The average molecular weight is 263 g/mol. The van der Waals surface area contributed by atoms with Gasteiger partial charge in [0.1, 0.15) is 5.54 Å². The van der Waals surface area contributed by atoms with Gasteiger partial charge in [-0.25, -0.2) is 4.79 Å². The molecule has 0 spiro atoms. The highest BCUT2D eigenvalue weighted by Crippen LogP contribution is 2.16. The van der Waals surface area contributed by atoms with Crippen LogP contribution in [0.5, 0.6) is 0 Å². The fourth-order valence-corrected chi connectivity index (χ4v) is 1.81. The first kappa shape index (κ1) is 15.2. The molecule has 0 aliphatic rings. The molecule has 0 atom stereocenters. The number of benzene rings is 1. The van der Waals surface area contributed by atoms with Gasteiger partial charge in [-0.05, 0) is 31.4 Å². The van der Waals surface area contributed by atoms with Crippen LogP contribution in [-0.4, -0.2) is 34.5 Å². The van der Waals surface area contributed by atoms with Gasteiger partial charge in [-0.2, -0.15) is 0 Å². The quantitative estimate of drug-likeness (QED) is 0.885. The first-order valence-corrected chi connectivity index (χ1v) is 6.37. The van der Waals surface area contributed by atoms with Crippen LogP contribution in [0.1, 0.15) is 31.9 Å². The molecule has 0 fully saturated rings. The first-order valence-electron chi connectivity index (χ1n) is 6.37. The van der Waals surface area contributed by atoms with E-state index in [1.165, 1.54) is 25.8 Å². The van der Waals surface area contributed by atoms with Crippen LogP contribution >= 0.6 is 0 Å². The van der Waals surface area contributed by atoms with Crippen LogP contribution < -0.4 is 0 Å². The Morgan fingerprint density at radius 2 is 1.74 bits per heavy atom. The van der Waals surface area contributed by atoms with Crippen LogP contribution in [0.3, 0.4) is 0 Å². The van der Waals surface area contributed by atoms with E-state index in [0.29, 0.717) is 0 Å². The number of carbonyl (C=O) groups excluding carboxylic acids is 1. The summed E-state index contributed by atoms with van der Waals surface area (Å²) in [5, 5.41) is 9.13. The summed E-state index contributed by atoms with van der Waals surface area (Å²) in [6, 6.07) is 7.74. The fraction of sp³-hybridized carbons (Fsp3) is 0.467. The zero-order valence-electron chi connectivity index (χ0n) is 11.9. The van der Waals surface area contributed by atoms with Crippen LogP contribution in [0.25, 0.3) is 0 Å². The van der Waals surface area contributed by atoms with Crippen LogP contribution in [0.4, 0.5) is 0 Å². The number of aryl methyl sites for hydroxylation is 1. The van der Waals surface area contributed by atoms with E-state index in [-0.39, 0.29) is 12.3 Å². The molecule has 0 aliphatic carbocycles. The first-order chi connectivity index (χ1) is 8.80. The van der Waals surface area contributed by atoms with Crippen molar-refractivity contribution in [1.82, 2.24) is 4.90 Å². The highest BCUT2D eigenvalue weighted by atomic mass is 16.4. The molecule has 0 saturated carbocycles. The number of hydrogen-bond donors (Lipinski definition) is 1. The van der Waals surface area contributed by atoms with Crippen molar-refractivity contribution in [2.24, 2.45) is 0 Å². The van der Waals surface area contributed by atoms with Crippen molar-refractivity contribution in [2.75, 3.05) is 7.05 Å². The van der Waals surface area contributed by atoms with Crippen LogP contribution in [-0.2, 0) is 22.4 Å². The number of carboxylic acids is 1. The van der Waals surface area contributed by atoms with Gasteiger partial charge in [0.15, 0.2) is 0 Å². The monoisotopic (exact) mass is 263 g/mol. The van der Waals surface area contributed by atoms with Crippen molar-refractivity contribution in [2.45, 2.75) is 39.2 Å². The highest BCUT2D eigenvalue weighted by Gasteiger charge is 2.35. The third-order valence-electron chi connectivity index (χ3n) is 3.58. The Balaban J connectivity index is 2.88. The number of hydrogen-bond acceptors (Lipinski definition) is 2. The van der Waals surface area contributed by atoms with Crippen molar-refractivity contribution < 1.29 is 14.7 Å². The predicted octanol–water partition coefficient (Wildman–Crippen LogP) is 2.11. The minimum Gasteiger partial charge on any atom is -0.480 e. The van der Waals surface area contributed by atoms with Crippen molar-refractivity contribution in [3.8, 4) is 0 Å². The molecule has 0 bridgehead atoms. The zero-order valence-corrected chi connectivity index (χ0v) is 11.9. The molecule has 0 aromatic heterocycles. The molecule has 1 rings (SSSR count). The van der Waals surface area contributed by atoms with Crippen molar-refractivity contribution in [3.63, 3.8) is 0 Å². The zero-order chi connectivity index (χ0) is 14.6. The Kier molecular flexibility index (Phi) is 4.70. The van der Waals surface area contributed by atoms with E-state index in [4.69, 9.17) is 5.11 Å². The Morgan fingerprint density at radius 1 is 1.21 bits per heavy atom. The molecule has 1 amide bonds. The predicted molar refractivity (Wildman–Crippen MR) is 74.0 cm³/mol. The Bertz CT molecular complexity index is 480. The minimum atomic E-state index is -1.20. The van der Waals surface area contributed by atoms with E-state index >= 15 is 0 Å². The molecule has 4 nitrogen and oxygen atoms in total. The molecule has 4 heteroatoms. The molecule has 0 heterocycles. The van der Waals surface area contributed by atoms with E-state index in [1.807, 2.05) is 31.2 Å². The number of likely N-dealkylation sites (N-methyl/N-ethyl adjacent to an activating group) is 1. The molecule has 1 aromatic carbocycles. The molecular weight excluding hydrogens is 242 g/mol. The van der Waals surface area contributed by atoms with Gasteiger partial charge in [-0.1, -0.05) is 31.2 Å². The standard InChI is InChI=1S/C15H21NO3/c1-5-11-8-6-7-9-12(11)10-13(17)16(4)15(2,3)14(18)19/h6-9H,5,10H2,1-4H3,(H,18,19). The molecule has 0 saturated heterocycles. The summed E-state index contributed by atoms with van der Waals surface area (Å²) in [4.78, 5) is 24.6.